The summed E-state index contributed by atoms with van der Waals surface area (Å²) in [7, 11) is 0. The lowest BCUT2D eigenvalue weighted by Gasteiger charge is -2.08. The van der Waals surface area contributed by atoms with Gasteiger partial charge in [-0.25, -0.2) is 13.6 Å². The smallest absolute Gasteiger partial charge is 0.334 e. The number of allylic oxidation sites excluding steroid dienone is 1. The minimum atomic E-state index is -1.02. The molecule has 0 heterocycles. The van der Waals surface area contributed by atoms with Crippen molar-refractivity contribution in [1.29, 1.82) is 0 Å². The molecule has 0 spiro atoms. The average molecular weight is 277 g/mol. The third kappa shape index (κ3) is 3.70. The van der Waals surface area contributed by atoms with Crippen LogP contribution in [0.15, 0.2) is 24.0 Å². The summed E-state index contributed by atoms with van der Waals surface area (Å²) < 4.78 is 36.3. The summed E-state index contributed by atoms with van der Waals surface area (Å²) in [6.45, 7) is 3.21. The Morgan fingerprint density at radius 2 is 2.11 bits per heavy atom. The second-order valence-corrected chi connectivity index (χ2v) is 3.69. The summed E-state index contributed by atoms with van der Waals surface area (Å²) in [5, 5.41) is -0.268. The van der Waals surface area contributed by atoms with E-state index in [0.717, 1.165) is 18.2 Å². The Labute approximate surface area is 108 Å². The molecule has 0 saturated carbocycles. The van der Waals surface area contributed by atoms with Crippen LogP contribution < -0.4 is 4.74 Å². The van der Waals surface area contributed by atoms with E-state index in [-0.39, 0.29) is 17.4 Å². The van der Waals surface area contributed by atoms with Gasteiger partial charge < -0.3 is 9.47 Å². The van der Waals surface area contributed by atoms with Gasteiger partial charge in [-0.3, -0.25) is 0 Å². The molecule has 0 N–H and O–H groups in total. The molecule has 0 aliphatic heterocycles. The average Bonchev–Trinajstić information content (AvgIpc) is 2.30. The molecule has 0 unspecified atom stereocenters. The molecule has 3 nitrogen and oxygen atoms in total. The van der Waals surface area contributed by atoms with Crippen LogP contribution in [0.1, 0.15) is 13.8 Å². The maximum atomic E-state index is 13.5. The Bertz CT molecular complexity index is 486. The standard InChI is InChI=1S/C12H11ClF2O3/c1-3-17-10(16)6-7(2)18-12-9(14)5-4-8(13)11(12)15/h4-6H,3H2,1-2H3/b7-6-. The fourth-order valence-corrected chi connectivity index (χ4v) is 1.29. The van der Waals surface area contributed by atoms with Gasteiger partial charge in [0, 0.05) is 0 Å². The lowest BCUT2D eigenvalue weighted by Crippen LogP contribution is -2.04. The molecule has 0 atom stereocenters. The van der Waals surface area contributed by atoms with Crippen molar-refractivity contribution in [3.05, 3.63) is 40.6 Å². The molecule has 1 aromatic carbocycles. The van der Waals surface area contributed by atoms with Crippen LogP contribution in [0.25, 0.3) is 0 Å². The predicted octanol–water partition coefficient (Wildman–Crippen LogP) is 3.46. The monoisotopic (exact) mass is 276 g/mol. The van der Waals surface area contributed by atoms with Crippen molar-refractivity contribution in [3.8, 4) is 5.75 Å². The van der Waals surface area contributed by atoms with E-state index in [0.29, 0.717) is 0 Å². The summed E-state index contributed by atoms with van der Waals surface area (Å²) >= 11 is 5.49. The van der Waals surface area contributed by atoms with Crippen LogP contribution in [0.5, 0.6) is 5.75 Å². The van der Waals surface area contributed by atoms with Gasteiger partial charge in [-0.15, -0.1) is 0 Å². The fraction of sp³-hybridized carbons (Fsp3) is 0.250. The molecule has 0 fully saturated rings. The Balaban J connectivity index is 2.91. The zero-order valence-corrected chi connectivity index (χ0v) is 10.6. The molecule has 6 heteroatoms. The highest BCUT2D eigenvalue weighted by atomic mass is 35.5. The molecule has 0 aliphatic rings. The van der Waals surface area contributed by atoms with Crippen molar-refractivity contribution >= 4 is 17.6 Å². The molecule has 0 saturated heterocycles. The zero-order chi connectivity index (χ0) is 13.7. The van der Waals surface area contributed by atoms with Crippen LogP contribution in [0.2, 0.25) is 5.02 Å². The van der Waals surface area contributed by atoms with Gasteiger partial charge in [-0.05, 0) is 26.0 Å². The number of hydrogen-bond acceptors (Lipinski definition) is 3. The van der Waals surface area contributed by atoms with Crippen molar-refractivity contribution in [2.24, 2.45) is 0 Å². The van der Waals surface area contributed by atoms with Crippen molar-refractivity contribution in [2.45, 2.75) is 13.8 Å². The first-order valence-corrected chi connectivity index (χ1v) is 5.50. The molecule has 1 aromatic rings. The first-order valence-electron chi connectivity index (χ1n) is 5.12. The minimum Gasteiger partial charge on any atom is -0.463 e. The van der Waals surface area contributed by atoms with Crippen molar-refractivity contribution < 1.29 is 23.0 Å². The van der Waals surface area contributed by atoms with Crippen LogP contribution in [0.3, 0.4) is 0 Å². The summed E-state index contributed by atoms with van der Waals surface area (Å²) in [5.41, 5.74) is 0. The Morgan fingerprint density at radius 3 is 2.72 bits per heavy atom. The van der Waals surface area contributed by atoms with Gasteiger partial charge in [0.05, 0.1) is 17.7 Å². The number of benzene rings is 1. The van der Waals surface area contributed by atoms with Gasteiger partial charge in [0.1, 0.15) is 5.76 Å². The first kappa shape index (κ1) is 14.4. The molecule has 0 amide bonds. The number of ether oxygens (including phenoxy) is 2. The summed E-state index contributed by atoms with van der Waals surface area (Å²) in [4.78, 5) is 11.1. The summed E-state index contributed by atoms with van der Waals surface area (Å²) in [5.74, 6) is -3.24. The molecule has 0 radical (unpaired) electrons. The topological polar surface area (TPSA) is 35.5 Å². The van der Waals surface area contributed by atoms with Crippen LogP contribution in [-0.4, -0.2) is 12.6 Å². The Kier molecular flexibility index (Phi) is 5.09. The largest absolute Gasteiger partial charge is 0.463 e. The van der Waals surface area contributed by atoms with Crippen LogP contribution in [0, 0.1) is 11.6 Å². The second-order valence-electron chi connectivity index (χ2n) is 3.28. The predicted molar refractivity (Wildman–Crippen MR) is 62.4 cm³/mol. The highest BCUT2D eigenvalue weighted by Gasteiger charge is 2.15. The molecular formula is C12H11ClF2O3. The van der Waals surface area contributed by atoms with Gasteiger partial charge in [0.25, 0.3) is 0 Å². The second kappa shape index (κ2) is 6.35. The number of hydrogen-bond donors (Lipinski definition) is 0. The van der Waals surface area contributed by atoms with Gasteiger partial charge >= 0.3 is 5.97 Å². The zero-order valence-electron chi connectivity index (χ0n) is 9.80. The van der Waals surface area contributed by atoms with E-state index in [1.165, 1.54) is 6.92 Å². The maximum Gasteiger partial charge on any atom is 0.334 e. The van der Waals surface area contributed by atoms with Gasteiger partial charge in [0.15, 0.2) is 17.4 Å². The van der Waals surface area contributed by atoms with E-state index < -0.39 is 23.4 Å². The Hall–Kier alpha value is -1.62. The Morgan fingerprint density at radius 1 is 1.44 bits per heavy atom. The normalized spacial score (nSPS) is 11.3. The van der Waals surface area contributed by atoms with E-state index in [9.17, 15) is 13.6 Å². The fourth-order valence-electron chi connectivity index (χ4n) is 1.14. The molecule has 18 heavy (non-hydrogen) atoms. The number of carbonyl (C=O) groups is 1. The van der Waals surface area contributed by atoms with E-state index in [4.69, 9.17) is 16.3 Å². The number of esters is 1. The quantitative estimate of drug-likeness (QED) is 0.366. The van der Waals surface area contributed by atoms with Crippen LogP contribution in [-0.2, 0) is 9.53 Å². The van der Waals surface area contributed by atoms with Gasteiger partial charge in [-0.2, -0.15) is 0 Å². The lowest BCUT2D eigenvalue weighted by molar-refractivity contribution is -0.137. The molecular weight excluding hydrogens is 266 g/mol. The maximum absolute atomic E-state index is 13.5. The van der Waals surface area contributed by atoms with Crippen molar-refractivity contribution in [1.82, 2.24) is 0 Å². The van der Waals surface area contributed by atoms with E-state index in [2.05, 4.69) is 4.74 Å². The van der Waals surface area contributed by atoms with Crippen molar-refractivity contribution in [2.75, 3.05) is 6.61 Å². The highest BCUT2D eigenvalue weighted by Crippen LogP contribution is 2.28. The highest BCUT2D eigenvalue weighted by molar-refractivity contribution is 6.30. The molecule has 0 aliphatic carbocycles. The van der Waals surface area contributed by atoms with Crippen molar-refractivity contribution in [3.63, 3.8) is 0 Å². The van der Waals surface area contributed by atoms with E-state index in [1.807, 2.05) is 0 Å². The molecule has 0 aromatic heterocycles. The van der Waals surface area contributed by atoms with Gasteiger partial charge in [-0.1, -0.05) is 11.6 Å². The van der Waals surface area contributed by atoms with Crippen LogP contribution in [0.4, 0.5) is 8.78 Å². The van der Waals surface area contributed by atoms with Crippen LogP contribution >= 0.6 is 11.6 Å². The molecule has 98 valence electrons. The summed E-state index contributed by atoms with van der Waals surface area (Å²) in [6.07, 6.45) is 0.989. The van der Waals surface area contributed by atoms with Gasteiger partial charge in [0.2, 0.25) is 0 Å². The minimum absolute atomic E-state index is 0.00600. The summed E-state index contributed by atoms with van der Waals surface area (Å²) in [6, 6.07) is 2.04. The number of rotatable bonds is 4. The van der Waals surface area contributed by atoms with E-state index >= 15 is 0 Å². The van der Waals surface area contributed by atoms with E-state index in [1.54, 1.807) is 6.92 Å². The third-order valence-electron chi connectivity index (χ3n) is 1.87. The SMILES string of the molecule is CCOC(=O)/C=C(/C)Oc1c(F)ccc(Cl)c1F. The lowest BCUT2D eigenvalue weighted by atomic mass is 10.3. The molecule has 1 rings (SSSR count). The molecule has 0 bridgehead atoms. The third-order valence-corrected chi connectivity index (χ3v) is 2.16. The first-order chi connectivity index (χ1) is 8.45. The number of halogens is 3. The number of carbonyl (C=O) groups excluding carboxylic acids is 1.